The number of unbranched alkanes of at least 4 members (excludes halogenated alkanes) is 3. The molecular weight excluding hydrogens is 637 g/mol. The topological polar surface area (TPSA) is 133 Å². The molecule has 5 rings (SSSR count). The molecule has 0 unspecified atom stereocenters. The van der Waals surface area contributed by atoms with Gasteiger partial charge >= 0.3 is 0 Å². The Morgan fingerprint density at radius 2 is 1.29 bits per heavy atom. The zero-order chi connectivity index (χ0) is 34.5. The zero-order valence-corrected chi connectivity index (χ0v) is 29.3. The van der Waals surface area contributed by atoms with Crippen molar-refractivity contribution in [1.82, 2.24) is 19.7 Å². The van der Waals surface area contributed by atoms with Crippen LogP contribution in [0.5, 0.6) is 5.75 Å². The van der Waals surface area contributed by atoms with Gasteiger partial charge in [0, 0.05) is 56.7 Å². The molecular formula is C37H46N8O3S. The SMILES string of the molecule is COc1cccc(CNc2nc(NCCCCCCNS(=O)(=O)c3cccc4c(N(C)C)cccc34)nc(NCCc3ccccc3)n2)c1. The number of hydrogen-bond acceptors (Lipinski definition) is 10. The monoisotopic (exact) mass is 682 g/mol. The van der Waals surface area contributed by atoms with Crippen LogP contribution in [0, 0.1) is 0 Å². The van der Waals surface area contributed by atoms with Crippen molar-refractivity contribution in [3.05, 3.63) is 102 Å². The Balaban J connectivity index is 1.10. The summed E-state index contributed by atoms with van der Waals surface area (Å²) in [5.74, 6) is 2.25. The molecule has 0 saturated heterocycles. The molecule has 0 amide bonds. The van der Waals surface area contributed by atoms with Crippen LogP contribution in [0.1, 0.15) is 36.8 Å². The number of anilines is 4. The third kappa shape index (κ3) is 10.3. The number of sulfonamides is 1. The van der Waals surface area contributed by atoms with Crippen LogP contribution in [0.4, 0.5) is 23.5 Å². The van der Waals surface area contributed by atoms with Gasteiger partial charge in [-0.05, 0) is 54.7 Å². The van der Waals surface area contributed by atoms with Gasteiger partial charge in [-0.3, -0.25) is 0 Å². The predicted molar refractivity (Wildman–Crippen MR) is 199 cm³/mol. The number of nitrogens with zero attached hydrogens (tertiary/aromatic N) is 4. The quantitative estimate of drug-likeness (QED) is 0.0734. The molecule has 0 saturated carbocycles. The van der Waals surface area contributed by atoms with E-state index >= 15 is 0 Å². The highest BCUT2D eigenvalue weighted by Crippen LogP contribution is 2.30. The van der Waals surface area contributed by atoms with E-state index in [0.29, 0.717) is 48.9 Å². The molecule has 0 atom stereocenters. The molecule has 0 aliphatic heterocycles. The summed E-state index contributed by atoms with van der Waals surface area (Å²) in [7, 11) is 1.92. The van der Waals surface area contributed by atoms with Gasteiger partial charge in [-0.2, -0.15) is 15.0 Å². The fraction of sp³-hybridized carbons (Fsp3) is 0.324. The lowest BCUT2D eigenvalue weighted by atomic mass is 10.1. The lowest BCUT2D eigenvalue weighted by molar-refractivity contribution is 0.414. The third-order valence-electron chi connectivity index (χ3n) is 8.07. The molecule has 0 fully saturated rings. The number of ether oxygens (including phenoxy) is 1. The van der Waals surface area contributed by atoms with Crippen molar-refractivity contribution in [2.75, 3.05) is 61.7 Å². The van der Waals surface area contributed by atoms with Crippen LogP contribution in [0.3, 0.4) is 0 Å². The van der Waals surface area contributed by atoms with E-state index in [1.807, 2.05) is 85.7 Å². The van der Waals surface area contributed by atoms with Gasteiger partial charge in [-0.25, -0.2) is 13.1 Å². The summed E-state index contributed by atoms with van der Waals surface area (Å²) < 4.78 is 34.5. The van der Waals surface area contributed by atoms with Gasteiger partial charge in [-0.15, -0.1) is 0 Å². The van der Waals surface area contributed by atoms with Gasteiger partial charge in [0.15, 0.2) is 0 Å². The second kappa shape index (κ2) is 17.5. The zero-order valence-electron chi connectivity index (χ0n) is 28.4. The molecule has 5 aromatic rings. The Labute approximate surface area is 289 Å². The van der Waals surface area contributed by atoms with Crippen molar-refractivity contribution in [3.63, 3.8) is 0 Å². The summed E-state index contributed by atoms with van der Waals surface area (Å²) in [4.78, 5) is 16.1. The number of hydrogen-bond donors (Lipinski definition) is 4. The fourth-order valence-electron chi connectivity index (χ4n) is 5.52. The van der Waals surface area contributed by atoms with Gasteiger partial charge in [-0.1, -0.05) is 79.6 Å². The molecule has 49 heavy (non-hydrogen) atoms. The molecule has 0 aliphatic rings. The predicted octanol–water partition coefficient (Wildman–Crippen LogP) is 6.32. The average Bonchev–Trinajstić information content (AvgIpc) is 3.11. The van der Waals surface area contributed by atoms with Crippen molar-refractivity contribution in [2.45, 2.75) is 43.5 Å². The molecule has 258 valence electrons. The van der Waals surface area contributed by atoms with Crippen molar-refractivity contribution in [2.24, 2.45) is 0 Å². The molecule has 12 heteroatoms. The first kappa shape index (κ1) is 35.4. The number of nitrogens with one attached hydrogen (secondary N) is 4. The molecule has 1 heterocycles. The number of aromatic nitrogens is 3. The molecule has 0 radical (unpaired) electrons. The number of rotatable bonds is 19. The second-order valence-corrected chi connectivity index (χ2v) is 13.7. The van der Waals surface area contributed by atoms with Gasteiger partial charge in [0.1, 0.15) is 5.75 Å². The standard InChI is InChI=1S/C37H46N8O3S/c1-45(2)33-20-12-19-32-31(33)18-13-21-34(32)49(46,47)41-24-10-5-4-9-23-38-35-42-36(39-25-22-28-14-7-6-8-15-28)44-37(43-35)40-27-29-16-11-17-30(26-29)48-3/h6-8,11-21,26,41H,4-5,9-10,22-25,27H2,1-3H3,(H3,38,39,40,42,43,44). The van der Waals surface area contributed by atoms with Crippen LogP contribution in [-0.2, 0) is 23.0 Å². The molecule has 0 bridgehead atoms. The van der Waals surface area contributed by atoms with Gasteiger partial charge in [0.25, 0.3) is 0 Å². The number of fused-ring (bicyclic) bond motifs is 1. The largest absolute Gasteiger partial charge is 0.497 e. The number of methoxy groups -OCH3 is 1. The second-order valence-electron chi connectivity index (χ2n) is 11.9. The number of benzene rings is 4. The van der Waals surface area contributed by atoms with E-state index in [-0.39, 0.29) is 0 Å². The summed E-state index contributed by atoms with van der Waals surface area (Å²) in [6.45, 7) is 2.28. The molecule has 1 aromatic heterocycles. The normalized spacial score (nSPS) is 11.3. The molecule has 0 spiro atoms. The van der Waals surface area contributed by atoms with Crippen molar-refractivity contribution < 1.29 is 13.2 Å². The van der Waals surface area contributed by atoms with Gasteiger partial charge < -0.3 is 25.6 Å². The van der Waals surface area contributed by atoms with Crippen LogP contribution in [0.2, 0.25) is 0 Å². The first-order chi connectivity index (χ1) is 23.8. The lowest BCUT2D eigenvalue weighted by Gasteiger charge is -2.17. The van der Waals surface area contributed by atoms with E-state index in [2.05, 4.69) is 47.8 Å². The van der Waals surface area contributed by atoms with Crippen LogP contribution in [0.15, 0.2) is 95.9 Å². The smallest absolute Gasteiger partial charge is 0.241 e. The van der Waals surface area contributed by atoms with Crippen LogP contribution >= 0.6 is 0 Å². The minimum atomic E-state index is -3.64. The van der Waals surface area contributed by atoms with Crippen molar-refractivity contribution in [1.29, 1.82) is 0 Å². The highest BCUT2D eigenvalue weighted by molar-refractivity contribution is 7.89. The Kier molecular flexibility index (Phi) is 12.6. The van der Waals surface area contributed by atoms with Crippen LogP contribution in [0.25, 0.3) is 10.8 Å². The molecule has 0 aliphatic carbocycles. The molecule has 4 aromatic carbocycles. The minimum Gasteiger partial charge on any atom is -0.497 e. The minimum absolute atomic E-state index is 0.307. The Morgan fingerprint density at radius 3 is 2.02 bits per heavy atom. The summed E-state index contributed by atoms with van der Waals surface area (Å²) in [6.07, 6.45) is 4.30. The van der Waals surface area contributed by atoms with Gasteiger partial charge in [0.2, 0.25) is 27.9 Å². The van der Waals surface area contributed by atoms with Crippen molar-refractivity contribution in [3.8, 4) is 5.75 Å². The summed E-state index contributed by atoms with van der Waals surface area (Å²) in [5, 5.41) is 11.6. The fourth-order valence-corrected chi connectivity index (χ4v) is 6.81. The van der Waals surface area contributed by atoms with E-state index in [9.17, 15) is 8.42 Å². The first-order valence-corrected chi connectivity index (χ1v) is 18.1. The Bertz CT molecular complexity index is 1910. The molecule has 11 nitrogen and oxygen atoms in total. The van der Waals surface area contributed by atoms with E-state index in [0.717, 1.165) is 59.9 Å². The highest BCUT2D eigenvalue weighted by Gasteiger charge is 2.18. The van der Waals surface area contributed by atoms with Crippen LogP contribution in [-0.4, -0.2) is 64.2 Å². The summed E-state index contributed by atoms with van der Waals surface area (Å²) in [5.41, 5.74) is 3.26. The van der Waals surface area contributed by atoms with E-state index in [4.69, 9.17) is 4.74 Å². The maximum atomic E-state index is 13.2. The van der Waals surface area contributed by atoms with E-state index < -0.39 is 10.0 Å². The van der Waals surface area contributed by atoms with E-state index in [1.54, 1.807) is 19.2 Å². The summed E-state index contributed by atoms with van der Waals surface area (Å²) >= 11 is 0. The Morgan fingerprint density at radius 1 is 0.653 bits per heavy atom. The maximum Gasteiger partial charge on any atom is 0.241 e. The maximum absolute atomic E-state index is 13.2. The van der Waals surface area contributed by atoms with Gasteiger partial charge in [0.05, 0.1) is 12.0 Å². The van der Waals surface area contributed by atoms with E-state index in [1.165, 1.54) is 5.56 Å². The Hall–Kier alpha value is -4.94. The van der Waals surface area contributed by atoms with Crippen molar-refractivity contribution >= 4 is 44.3 Å². The third-order valence-corrected chi connectivity index (χ3v) is 9.59. The lowest BCUT2D eigenvalue weighted by Crippen LogP contribution is -2.25. The molecule has 4 N–H and O–H groups in total. The summed E-state index contributed by atoms with van der Waals surface area (Å²) in [6, 6.07) is 29.3. The first-order valence-electron chi connectivity index (χ1n) is 16.7. The average molecular weight is 683 g/mol. The van der Waals surface area contributed by atoms with Crippen LogP contribution < -0.4 is 30.3 Å². The highest BCUT2D eigenvalue weighted by atomic mass is 32.2.